The molecule has 0 atom stereocenters. The van der Waals surface area contributed by atoms with Crippen molar-refractivity contribution in [1.29, 1.82) is 0 Å². The van der Waals surface area contributed by atoms with Gasteiger partial charge in [0.2, 0.25) is 0 Å². The van der Waals surface area contributed by atoms with Gasteiger partial charge in [0.15, 0.2) is 0 Å². The van der Waals surface area contributed by atoms with Gasteiger partial charge in [-0.05, 0) is 30.9 Å². The highest BCUT2D eigenvalue weighted by molar-refractivity contribution is 7.80. The maximum Gasteiger partial charge on any atom is 0.272 e. The Kier molecular flexibility index (Phi) is 5.28. The fourth-order valence-electron chi connectivity index (χ4n) is 2.82. The molecule has 0 saturated heterocycles. The Morgan fingerprint density at radius 3 is 2.57 bits per heavy atom. The maximum atomic E-state index is 12.7. The van der Waals surface area contributed by atoms with E-state index in [2.05, 4.69) is 18.8 Å². The number of rotatable bonds is 5. The molecule has 1 aliphatic carbocycles. The van der Waals surface area contributed by atoms with Crippen LogP contribution in [-0.2, 0) is 0 Å². The molecule has 0 radical (unpaired) electrons. The van der Waals surface area contributed by atoms with Crippen LogP contribution in [0.25, 0.3) is 0 Å². The van der Waals surface area contributed by atoms with Crippen LogP contribution in [0, 0.1) is 5.92 Å². The summed E-state index contributed by atoms with van der Waals surface area (Å²) in [5.41, 5.74) is 6.73. The summed E-state index contributed by atoms with van der Waals surface area (Å²) in [5.74, 6) is 0.468. The average molecular weight is 305 g/mol. The summed E-state index contributed by atoms with van der Waals surface area (Å²) >= 11 is 4.91. The second-order valence-electron chi connectivity index (χ2n) is 6.09. The largest absolute Gasteiger partial charge is 0.389 e. The van der Waals surface area contributed by atoms with Gasteiger partial charge in [-0.1, -0.05) is 38.9 Å². The van der Waals surface area contributed by atoms with Gasteiger partial charge in [-0.25, -0.2) is 0 Å². The van der Waals surface area contributed by atoms with Crippen LogP contribution in [0.4, 0.5) is 0 Å². The van der Waals surface area contributed by atoms with E-state index in [0.717, 1.165) is 19.4 Å². The zero-order valence-corrected chi connectivity index (χ0v) is 13.5. The number of carbonyl (C=O) groups is 1. The molecular formula is C16H23N3OS. The van der Waals surface area contributed by atoms with Crippen LogP contribution in [0.5, 0.6) is 0 Å². The lowest BCUT2D eigenvalue weighted by atomic mass is 10.1. The molecule has 0 bridgehead atoms. The minimum atomic E-state index is 0.0186. The highest BCUT2D eigenvalue weighted by Gasteiger charge is 2.28. The minimum Gasteiger partial charge on any atom is -0.389 e. The van der Waals surface area contributed by atoms with E-state index < -0.39 is 0 Å². The Labute approximate surface area is 131 Å². The molecule has 0 spiro atoms. The summed E-state index contributed by atoms with van der Waals surface area (Å²) in [6, 6.07) is 3.85. The predicted molar refractivity (Wildman–Crippen MR) is 88.3 cm³/mol. The van der Waals surface area contributed by atoms with Crippen molar-refractivity contribution in [2.75, 3.05) is 6.54 Å². The van der Waals surface area contributed by atoms with Gasteiger partial charge in [-0.3, -0.25) is 9.78 Å². The summed E-state index contributed by atoms with van der Waals surface area (Å²) in [6.45, 7) is 5.06. The number of hydrogen-bond donors (Lipinski definition) is 1. The smallest absolute Gasteiger partial charge is 0.272 e. The summed E-state index contributed by atoms with van der Waals surface area (Å²) < 4.78 is 0. The highest BCUT2D eigenvalue weighted by atomic mass is 32.1. The second kappa shape index (κ2) is 6.98. The summed E-state index contributed by atoms with van der Waals surface area (Å²) in [5, 5.41) is 0. The van der Waals surface area contributed by atoms with Crippen LogP contribution in [0.3, 0.4) is 0 Å². The van der Waals surface area contributed by atoms with Crippen LogP contribution >= 0.6 is 12.2 Å². The number of nitrogens with zero attached hydrogens (tertiary/aromatic N) is 2. The van der Waals surface area contributed by atoms with E-state index in [9.17, 15) is 4.79 Å². The Morgan fingerprint density at radius 1 is 1.43 bits per heavy atom. The van der Waals surface area contributed by atoms with Crippen molar-refractivity contribution < 1.29 is 4.79 Å². The Balaban J connectivity index is 2.18. The van der Waals surface area contributed by atoms with Gasteiger partial charge in [0.05, 0.1) is 0 Å². The molecule has 0 aliphatic heterocycles. The van der Waals surface area contributed by atoms with Gasteiger partial charge < -0.3 is 10.6 Å². The number of amides is 1. The fraction of sp³-hybridized carbons (Fsp3) is 0.562. The van der Waals surface area contributed by atoms with Crippen molar-refractivity contribution in [3.05, 3.63) is 29.6 Å². The SMILES string of the molecule is CC(C)CN(C(=O)c1ccc(C(N)=S)cn1)C1CCCC1. The van der Waals surface area contributed by atoms with Crippen LogP contribution in [0.2, 0.25) is 0 Å². The molecule has 0 aromatic carbocycles. The molecule has 21 heavy (non-hydrogen) atoms. The van der Waals surface area contributed by atoms with E-state index >= 15 is 0 Å². The first kappa shape index (κ1) is 15.9. The van der Waals surface area contributed by atoms with Gasteiger partial charge in [-0.15, -0.1) is 0 Å². The van der Waals surface area contributed by atoms with Crippen LogP contribution in [0.1, 0.15) is 55.6 Å². The zero-order valence-electron chi connectivity index (χ0n) is 12.7. The number of aromatic nitrogens is 1. The first-order valence-corrected chi connectivity index (χ1v) is 7.96. The molecule has 0 unspecified atom stereocenters. The fourth-order valence-corrected chi connectivity index (χ4v) is 2.94. The molecule has 5 heteroatoms. The predicted octanol–water partition coefficient (Wildman–Crippen LogP) is 2.76. The van der Waals surface area contributed by atoms with E-state index in [1.165, 1.54) is 12.8 Å². The topological polar surface area (TPSA) is 59.2 Å². The highest BCUT2D eigenvalue weighted by Crippen LogP contribution is 2.25. The summed E-state index contributed by atoms with van der Waals surface area (Å²) in [4.78, 5) is 19.3. The van der Waals surface area contributed by atoms with Crippen molar-refractivity contribution in [3.8, 4) is 0 Å². The molecule has 1 aromatic rings. The molecule has 1 heterocycles. The number of nitrogens with two attached hydrogens (primary N) is 1. The summed E-state index contributed by atoms with van der Waals surface area (Å²) in [6.07, 6.45) is 6.20. The normalized spacial score (nSPS) is 15.4. The van der Waals surface area contributed by atoms with E-state index in [-0.39, 0.29) is 5.91 Å². The molecule has 1 aromatic heterocycles. The molecular weight excluding hydrogens is 282 g/mol. The third kappa shape index (κ3) is 4.00. The lowest BCUT2D eigenvalue weighted by Crippen LogP contribution is -2.41. The van der Waals surface area contributed by atoms with Crippen LogP contribution in [-0.4, -0.2) is 33.4 Å². The minimum absolute atomic E-state index is 0.0186. The summed E-state index contributed by atoms with van der Waals surface area (Å²) in [7, 11) is 0. The first-order chi connectivity index (χ1) is 9.99. The first-order valence-electron chi connectivity index (χ1n) is 7.56. The van der Waals surface area contributed by atoms with Gasteiger partial charge in [0.1, 0.15) is 10.7 Å². The monoisotopic (exact) mass is 305 g/mol. The third-order valence-electron chi connectivity index (χ3n) is 3.86. The third-order valence-corrected chi connectivity index (χ3v) is 4.09. The molecule has 2 N–H and O–H groups in total. The number of pyridine rings is 1. The lowest BCUT2D eigenvalue weighted by molar-refractivity contribution is 0.0649. The van der Waals surface area contributed by atoms with E-state index in [1.54, 1.807) is 18.3 Å². The number of carbonyl (C=O) groups excluding carboxylic acids is 1. The van der Waals surface area contributed by atoms with Gasteiger partial charge in [0, 0.05) is 24.3 Å². The van der Waals surface area contributed by atoms with Crippen molar-refractivity contribution in [2.24, 2.45) is 11.7 Å². The van der Waals surface area contributed by atoms with Crippen molar-refractivity contribution in [2.45, 2.75) is 45.6 Å². The molecule has 1 saturated carbocycles. The van der Waals surface area contributed by atoms with E-state index in [1.807, 2.05) is 4.90 Å². The van der Waals surface area contributed by atoms with E-state index in [4.69, 9.17) is 18.0 Å². The molecule has 1 amide bonds. The second-order valence-corrected chi connectivity index (χ2v) is 6.53. The lowest BCUT2D eigenvalue weighted by Gasteiger charge is -2.30. The van der Waals surface area contributed by atoms with Crippen LogP contribution < -0.4 is 5.73 Å². The van der Waals surface area contributed by atoms with Crippen LogP contribution in [0.15, 0.2) is 18.3 Å². The number of thiocarbonyl (C=S) groups is 1. The molecule has 1 aliphatic rings. The maximum absolute atomic E-state index is 12.7. The molecule has 4 nitrogen and oxygen atoms in total. The molecule has 2 rings (SSSR count). The van der Waals surface area contributed by atoms with Gasteiger partial charge in [-0.2, -0.15) is 0 Å². The number of hydrogen-bond acceptors (Lipinski definition) is 3. The Morgan fingerprint density at radius 2 is 2.10 bits per heavy atom. The molecule has 114 valence electrons. The van der Waals surface area contributed by atoms with E-state index in [0.29, 0.717) is 28.2 Å². The van der Waals surface area contributed by atoms with Gasteiger partial charge in [0.25, 0.3) is 5.91 Å². The molecule has 1 fully saturated rings. The average Bonchev–Trinajstić information content (AvgIpc) is 2.98. The van der Waals surface area contributed by atoms with Gasteiger partial charge >= 0.3 is 0 Å². The van der Waals surface area contributed by atoms with Crippen molar-refractivity contribution in [3.63, 3.8) is 0 Å². The Bertz CT molecular complexity index is 507. The Hall–Kier alpha value is -1.49. The standard InChI is InChI=1S/C16H23N3OS/c1-11(2)10-19(13-5-3-4-6-13)16(20)14-8-7-12(9-18-14)15(17)21/h7-9,11,13H,3-6,10H2,1-2H3,(H2,17,21). The van der Waals surface area contributed by atoms with Crippen molar-refractivity contribution >= 4 is 23.1 Å². The zero-order chi connectivity index (χ0) is 15.4. The quantitative estimate of drug-likeness (QED) is 0.850. The van der Waals surface area contributed by atoms with Crippen molar-refractivity contribution in [1.82, 2.24) is 9.88 Å².